The number of aromatic nitrogens is 1. The lowest BCUT2D eigenvalue weighted by molar-refractivity contribution is 0.478. The Hall–Kier alpha value is -2.14. The van der Waals surface area contributed by atoms with Crippen LogP contribution in [0.3, 0.4) is 0 Å². The topological polar surface area (TPSA) is 48.1 Å². The Morgan fingerprint density at radius 3 is 2.80 bits per heavy atom. The van der Waals surface area contributed by atoms with E-state index in [0.717, 1.165) is 5.39 Å². The molecule has 2 aromatic carbocycles. The smallest absolute Gasteiger partial charge is 0.144 e. The molecule has 0 spiro atoms. The van der Waals surface area contributed by atoms with Crippen LogP contribution in [0, 0.1) is 5.82 Å². The van der Waals surface area contributed by atoms with Crippen LogP contribution in [-0.2, 0) is 0 Å². The van der Waals surface area contributed by atoms with Crippen LogP contribution in [0.1, 0.15) is 0 Å². The van der Waals surface area contributed by atoms with E-state index in [4.69, 9.17) is 10.5 Å². The average Bonchev–Trinajstić information content (AvgIpc) is 2.44. The van der Waals surface area contributed by atoms with E-state index in [1.165, 1.54) is 12.1 Å². The normalized spacial score (nSPS) is 10.7. The molecule has 3 rings (SSSR count). The van der Waals surface area contributed by atoms with Crippen molar-refractivity contribution in [3.05, 3.63) is 59.0 Å². The van der Waals surface area contributed by atoms with E-state index in [1.807, 2.05) is 12.1 Å². The third-order valence-electron chi connectivity index (χ3n) is 2.88. The molecule has 0 aliphatic carbocycles. The maximum Gasteiger partial charge on any atom is 0.144 e. The number of hydrogen-bond donors (Lipinski definition) is 1. The second-order valence-electron chi connectivity index (χ2n) is 4.23. The molecule has 1 aromatic heterocycles. The second-order valence-corrected chi connectivity index (χ2v) is 5.08. The molecule has 0 radical (unpaired) electrons. The number of nitrogen functional groups attached to an aromatic ring is 1. The number of halogens is 2. The number of benzene rings is 2. The lowest BCUT2D eigenvalue weighted by Gasteiger charge is -2.10. The molecular formula is C15H10BrFN2O. The Morgan fingerprint density at radius 1 is 1.10 bits per heavy atom. The molecule has 0 aliphatic heterocycles. The van der Waals surface area contributed by atoms with Gasteiger partial charge in [-0.15, -0.1) is 0 Å². The number of rotatable bonds is 2. The minimum Gasteiger partial charge on any atom is -0.455 e. The summed E-state index contributed by atoms with van der Waals surface area (Å²) in [7, 11) is 0. The summed E-state index contributed by atoms with van der Waals surface area (Å²) in [6.07, 6.45) is 1.61. The third kappa shape index (κ3) is 2.32. The van der Waals surface area contributed by atoms with E-state index in [9.17, 15) is 4.39 Å². The van der Waals surface area contributed by atoms with Crippen molar-refractivity contribution in [2.75, 3.05) is 5.73 Å². The maximum absolute atomic E-state index is 13.3. The van der Waals surface area contributed by atoms with Crippen molar-refractivity contribution < 1.29 is 9.13 Å². The van der Waals surface area contributed by atoms with Crippen LogP contribution in [0.5, 0.6) is 11.5 Å². The predicted octanol–water partition coefficient (Wildman–Crippen LogP) is 4.51. The van der Waals surface area contributed by atoms with E-state index >= 15 is 0 Å². The SMILES string of the molecule is Nc1cccc2c(Oc3cc(F)ccc3Br)ccnc12. The first-order chi connectivity index (χ1) is 9.65. The Bertz CT molecular complexity index is 792. The predicted molar refractivity (Wildman–Crippen MR) is 80.3 cm³/mol. The summed E-state index contributed by atoms with van der Waals surface area (Å²) >= 11 is 3.33. The summed E-state index contributed by atoms with van der Waals surface area (Å²) in [4.78, 5) is 4.23. The van der Waals surface area contributed by atoms with Gasteiger partial charge in [-0.05, 0) is 46.3 Å². The van der Waals surface area contributed by atoms with Crippen molar-refractivity contribution in [2.24, 2.45) is 0 Å². The number of nitrogens with two attached hydrogens (primary N) is 1. The zero-order valence-electron chi connectivity index (χ0n) is 10.3. The van der Waals surface area contributed by atoms with Crippen LogP contribution in [0.4, 0.5) is 10.1 Å². The van der Waals surface area contributed by atoms with Crippen LogP contribution in [0.2, 0.25) is 0 Å². The first-order valence-corrected chi connectivity index (χ1v) is 6.70. The molecule has 3 aromatic rings. The highest BCUT2D eigenvalue weighted by atomic mass is 79.9. The highest BCUT2D eigenvalue weighted by Crippen LogP contribution is 2.34. The Labute approximate surface area is 123 Å². The van der Waals surface area contributed by atoms with Crippen molar-refractivity contribution in [3.8, 4) is 11.5 Å². The molecular weight excluding hydrogens is 323 g/mol. The largest absolute Gasteiger partial charge is 0.455 e. The lowest BCUT2D eigenvalue weighted by atomic mass is 10.2. The first kappa shape index (κ1) is 12.9. The van der Waals surface area contributed by atoms with Crippen LogP contribution in [0.15, 0.2) is 53.1 Å². The van der Waals surface area contributed by atoms with Crippen molar-refractivity contribution in [1.29, 1.82) is 0 Å². The Kier molecular flexibility index (Phi) is 3.28. The van der Waals surface area contributed by atoms with Gasteiger partial charge >= 0.3 is 0 Å². The van der Waals surface area contributed by atoms with Gasteiger partial charge in [-0.1, -0.05) is 6.07 Å². The molecule has 0 saturated heterocycles. The molecule has 20 heavy (non-hydrogen) atoms. The molecule has 3 nitrogen and oxygen atoms in total. The molecule has 0 unspecified atom stereocenters. The van der Waals surface area contributed by atoms with Crippen LogP contribution >= 0.6 is 15.9 Å². The van der Waals surface area contributed by atoms with Gasteiger partial charge in [-0.25, -0.2) is 4.39 Å². The average molecular weight is 333 g/mol. The van der Waals surface area contributed by atoms with Crippen LogP contribution in [-0.4, -0.2) is 4.98 Å². The molecule has 0 bridgehead atoms. The standard InChI is InChI=1S/C15H10BrFN2O/c16-11-5-4-9(17)8-14(11)20-13-6-7-19-15-10(13)2-1-3-12(15)18/h1-8H,18H2. The fourth-order valence-electron chi connectivity index (χ4n) is 1.94. The van der Waals surface area contributed by atoms with Gasteiger partial charge in [-0.3, -0.25) is 4.98 Å². The van der Waals surface area contributed by atoms with E-state index < -0.39 is 0 Å². The number of para-hydroxylation sites is 1. The first-order valence-electron chi connectivity index (χ1n) is 5.91. The minimum atomic E-state index is -0.360. The number of nitrogens with zero attached hydrogens (tertiary/aromatic N) is 1. The van der Waals surface area contributed by atoms with E-state index in [0.29, 0.717) is 27.2 Å². The van der Waals surface area contributed by atoms with Crippen molar-refractivity contribution in [2.45, 2.75) is 0 Å². The van der Waals surface area contributed by atoms with E-state index in [2.05, 4.69) is 20.9 Å². The number of pyridine rings is 1. The Balaban J connectivity index is 2.11. The molecule has 5 heteroatoms. The maximum atomic E-state index is 13.3. The highest BCUT2D eigenvalue weighted by molar-refractivity contribution is 9.10. The molecule has 1 heterocycles. The fraction of sp³-hybridized carbons (Fsp3) is 0. The van der Waals surface area contributed by atoms with Crippen LogP contribution < -0.4 is 10.5 Å². The number of fused-ring (bicyclic) bond motifs is 1. The van der Waals surface area contributed by atoms with Crippen LogP contribution in [0.25, 0.3) is 10.9 Å². The summed E-state index contributed by atoms with van der Waals surface area (Å²) in [5.74, 6) is 0.620. The van der Waals surface area contributed by atoms with Gasteiger partial charge in [0.1, 0.15) is 17.3 Å². The lowest BCUT2D eigenvalue weighted by Crippen LogP contribution is -1.92. The molecule has 2 N–H and O–H groups in total. The zero-order chi connectivity index (χ0) is 14.1. The van der Waals surface area contributed by atoms with Gasteiger partial charge in [0.05, 0.1) is 15.7 Å². The monoisotopic (exact) mass is 332 g/mol. The molecule has 0 saturated carbocycles. The summed E-state index contributed by atoms with van der Waals surface area (Å²) in [6, 6.07) is 11.5. The number of anilines is 1. The van der Waals surface area contributed by atoms with Gasteiger partial charge in [0.15, 0.2) is 0 Å². The number of hydrogen-bond acceptors (Lipinski definition) is 3. The van der Waals surface area contributed by atoms with Gasteiger partial charge in [0, 0.05) is 17.6 Å². The summed E-state index contributed by atoms with van der Waals surface area (Å²) in [5, 5.41) is 0.781. The minimum absolute atomic E-state index is 0.360. The second kappa shape index (κ2) is 5.09. The third-order valence-corrected chi connectivity index (χ3v) is 3.53. The van der Waals surface area contributed by atoms with Gasteiger partial charge in [-0.2, -0.15) is 0 Å². The molecule has 0 fully saturated rings. The van der Waals surface area contributed by atoms with Crippen molar-refractivity contribution in [1.82, 2.24) is 4.98 Å². The molecule has 0 amide bonds. The van der Waals surface area contributed by atoms with Gasteiger partial charge < -0.3 is 10.5 Å². The van der Waals surface area contributed by atoms with E-state index in [-0.39, 0.29) is 5.82 Å². The zero-order valence-corrected chi connectivity index (χ0v) is 11.9. The summed E-state index contributed by atoms with van der Waals surface area (Å²) in [6.45, 7) is 0. The molecule has 100 valence electrons. The number of ether oxygens (including phenoxy) is 1. The molecule has 0 aliphatic rings. The summed E-state index contributed by atoms with van der Waals surface area (Å²) < 4.78 is 19.7. The van der Waals surface area contributed by atoms with E-state index in [1.54, 1.807) is 24.4 Å². The molecule has 0 atom stereocenters. The quantitative estimate of drug-likeness (QED) is 0.702. The highest BCUT2D eigenvalue weighted by Gasteiger charge is 2.09. The van der Waals surface area contributed by atoms with Gasteiger partial charge in [0.25, 0.3) is 0 Å². The Morgan fingerprint density at radius 2 is 1.95 bits per heavy atom. The van der Waals surface area contributed by atoms with Crippen molar-refractivity contribution in [3.63, 3.8) is 0 Å². The summed E-state index contributed by atoms with van der Waals surface area (Å²) in [5.41, 5.74) is 7.12. The fourth-order valence-corrected chi connectivity index (χ4v) is 2.26. The van der Waals surface area contributed by atoms with Crippen molar-refractivity contribution >= 4 is 32.5 Å². The van der Waals surface area contributed by atoms with Gasteiger partial charge in [0.2, 0.25) is 0 Å².